The van der Waals surface area contributed by atoms with Gasteiger partial charge >= 0.3 is 0 Å². The van der Waals surface area contributed by atoms with E-state index in [1.54, 1.807) is 0 Å². The first kappa shape index (κ1) is 14.1. The molecule has 0 radical (unpaired) electrons. The van der Waals surface area contributed by atoms with Gasteiger partial charge in [0.05, 0.1) is 0 Å². The smallest absolute Gasteiger partial charge is 0.251 e. The molecule has 1 saturated heterocycles. The summed E-state index contributed by atoms with van der Waals surface area (Å²) < 4.78 is 0. The van der Waals surface area contributed by atoms with E-state index in [0.717, 1.165) is 37.9 Å². The quantitative estimate of drug-likeness (QED) is 0.877. The average molecular weight is 260 g/mol. The maximum atomic E-state index is 12.2. The molecule has 3 heteroatoms. The summed E-state index contributed by atoms with van der Waals surface area (Å²) in [5.74, 6) is 0.562. The molecule has 1 aromatic rings. The topological polar surface area (TPSA) is 41.1 Å². The van der Waals surface area contributed by atoms with Crippen molar-refractivity contribution < 1.29 is 4.79 Å². The van der Waals surface area contributed by atoms with E-state index < -0.39 is 0 Å². The van der Waals surface area contributed by atoms with Gasteiger partial charge in [-0.25, -0.2) is 0 Å². The Balaban J connectivity index is 1.95. The van der Waals surface area contributed by atoms with E-state index in [1.165, 1.54) is 5.56 Å². The molecule has 0 aliphatic carbocycles. The summed E-state index contributed by atoms with van der Waals surface area (Å²) in [6, 6.07) is 8.27. The molecular formula is C16H24N2O. The molecule has 0 aromatic heterocycles. The van der Waals surface area contributed by atoms with Crippen LogP contribution in [-0.4, -0.2) is 25.0 Å². The molecule has 1 aromatic carbocycles. The predicted molar refractivity (Wildman–Crippen MR) is 78.5 cm³/mol. The van der Waals surface area contributed by atoms with E-state index >= 15 is 0 Å². The van der Waals surface area contributed by atoms with Crippen molar-refractivity contribution in [1.29, 1.82) is 0 Å². The highest BCUT2D eigenvalue weighted by atomic mass is 16.1. The number of benzene rings is 1. The first-order valence-electron chi connectivity index (χ1n) is 7.28. The normalized spacial score (nSPS) is 20.1. The zero-order valence-electron chi connectivity index (χ0n) is 11.9. The van der Waals surface area contributed by atoms with Crippen LogP contribution in [-0.2, 0) is 0 Å². The van der Waals surface area contributed by atoms with Gasteiger partial charge in [0, 0.05) is 11.6 Å². The lowest BCUT2D eigenvalue weighted by atomic mass is 10.0. The molecule has 2 rings (SSSR count). The molecule has 1 atom stereocenters. The molecule has 0 saturated carbocycles. The van der Waals surface area contributed by atoms with Crippen molar-refractivity contribution in [3.8, 4) is 0 Å². The van der Waals surface area contributed by atoms with Gasteiger partial charge in [-0.1, -0.05) is 26.0 Å². The van der Waals surface area contributed by atoms with Crippen molar-refractivity contribution in [3.05, 3.63) is 35.4 Å². The predicted octanol–water partition coefficient (Wildman–Crippen LogP) is 2.68. The third kappa shape index (κ3) is 4.06. The van der Waals surface area contributed by atoms with Crippen LogP contribution in [0.2, 0.25) is 0 Å². The number of amides is 1. The Morgan fingerprint density at radius 1 is 1.21 bits per heavy atom. The fraction of sp³-hybridized carbons (Fsp3) is 0.562. The van der Waals surface area contributed by atoms with E-state index in [-0.39, 0.29) is 5.91 Å². The number of carbonyl (C=O) groups is 1. The van der Waals surface area contributed by atoms with E-state index in [9.17, 15) is 4.79 Å². The van der Waals surface area contributed by atoms with Crippen LogP contribution in [0.1, 0.15) is 54.9 Å². The van der Waals surface area contributed by atoms with Gasteiger partial charge in [-0.2, -0.15) is 0 Å². The molecule has 0 bridgehead atoms. The molecule has 1 aliphatic rings. The average Bonchev–Trinajstić information content (AvgIpc) is 2.67. The fourth-order valence-corrected chi connectivity index (χ4v) is 2.45. The minimum absolute atomic E-state index is 0.0576. The zero-order valence-corrected chi connectivity index (χ0v) is 11.9. The van der Waals surface area contributed by atoms with Gasteiger partial charge < -0.3 is 10.6 Å². The summed E-state index contributed by atoms with van der Waals surface area (Å²) in [6.07, 6.45) is 3.23. The van der Waals surface area contributed by atoms with E-state index in [4.69, 9.17) is 0 Å². The Bertz CT molecular complexity index is 403. The summed E-state index contributed by atoms with van der Waals surface area (Å²) in [4.78, 5) is 12.2. The van der Waals surface area contributed by atoms with Crippen molar-refractivity contribution >= 4 is 5.91 Å². The molecule has 1 amide bonds. The van der Waals surface area contributed by atoms with Crippen molar-refractivity contribution in [3.63, 3.8) is 0 Å². The maximum absolute atomic E-state index is 12.2. The van der Waals surface area contributed by atoms with Crippen molar-refractivity contribution in [1.82, 2.24) is 10.6 Å². The van der Waals surface area contributed by atoms with Gasteiger partial charge in [0.1, 0.15) is 0 Å². The van der Waals surface area contributed by atoms with Crippen LogP contribution >= 0.6 is 0 Å². The SMILES string of the molecule is CC(C)c1ccc(C(=O)NC2CCCNCC2)cc1. The second-order valence-electron chi connectivity index (χ2n) is 5.63. The second-order valence-corrected chi connectivity index (χ2v) is 5.63. The lowest BCUT2D eigenvalue weighted by molar-refractivity contribution is 0.0934. The molecule has 0 spiro atoms. The van der Waals surface area contributed by atoms with Crippen molar-refractivity contribution in [2.24, 2.45) is 0 Å². The van der Waals surface area contributed by atoms with Gasteiger partial charge in [-0.3, -0.25) is 4.79 Å². The summed E-state index contributed by atoms with van der Waals surface area (Å²) in [5.41, 5.74) is 2.04. The van der Waals surface area contributed by atoms with Gasteiger partial charge in [0.2, 0.25) is 0 Å². The maximum Gasteiger partial charge on any atom is 0.251 e. The molecular weight excluding hydrogens is 236 g/mol. The highest BCUT2D eigenvalue weighted by molar-refractivity contribution is 5.94. The van der Waals surface area contributed by atoms with Gasteiger partial charge in [0.15, 0.2) is 0 Å². The molecule has 19 heavy (non-hydrogen) atoms. The van der Waals surface area contributed by atoms with Crippen LogP contribution in [0, 0.1) is 0 Å². The fourth-order valence-electron chi connectivity index (χ4n) is 2.45. The third-order valence-corrected chi connectivity index (χ3v) is 3.75. The third-order valence-electron chi connectivity index (χ3n) is 3.75. The Hall–Kier alpha value is -1.35. The second kappa shape index (κ2) is 6.71. The summed E-state index contributed by atoms with van der Waals surface area (Å²) in [6.45, 7) is 6.38. The molecule has 1 unspecified atom stereocenters. The first-order chi connectivity index (χ1) is 9.16. The van der Waals surface area contributed by atoms with Crippen molar-refractivity contribution in [2.45, 2.75) is 45.1 Å². The van der Waals surface area contributed by atoms with Gasteiger partial charge in [-0.05, 0) is 56.0 Å². The number of nitrogens with one attached hydrogen (secondary N) is 2. The van der Waals surface area contributed by atoms with Gasteiger partial charge in [-0.15, -0.1) is 0 Å². The number of carbonyl (C=O) groups excluding carboxylic acids is 1. The summed E-state index contributed by atoms with van der Waals surface area (Å²) in [5, 5.41) is 6.50. The lowest BCUT2D eigenvalue weighted by Gasteiger charge is -2.16. The Morgan fingerprint density at radius 3 is 2.63 bits per heavy atom. The number of hydrogen-bond acceptors (Lipinski definition) is 2. The van der Waals surface area contributed by atoms with Crippen molar-refractivity contribution in [2.75, 3.05) is 13.1 Å². The van der Waals surface area contributed by atoms with Crippen LogP contribution in [0.5, 0.6) is 0 Å². The molecule has 2 N–H and O–H groups in total. The monoisotopic (exact) mass is 260 g/mol. The first-order valence-corrected chi connectivity index (χ1v) is 7.28. The minimum atomic E-state index is 0.0576. The molecule has 1 fully saturated rings. The highest BCUT2D eigenvalue weighted by Crippen LogP contribution is 2.15. The van der Waals surface area contributed by atoms with E-state index in [1.807, 2.05) is 24.3 Å². The summed E-state index contributed by atoms with van der Waals surface area (Å²) >= 11 is 0. The summed E-state index contributed by atoms with van der Waals surface area (Å²) in [7, 11) is 0. The minimum Gasteiger partial charge on any atom is -0.349 e. The molecule has 3 nitrogen and oxygen atoms in total. The zero-order chi connectivity index (χ0) is 13.7. The van der Waals surface area contributed by atoms with E-state index in [0.29, 0.717) is 12.0 Å². The molecule has 104 valence electrons. The Morgan fingerprint density at radius 2 is 1.95 bits per heavy atom. The molecule has 1 aliphatic heterocycles. The highest BCUT2D eigenvalue weighted by Gasteiger charge is 2.15. The van der Waals surface area contributed by atoms with Gasteiger partial charge in [0.25, 0.3) is 5.91 Å². The number of hydrogen-bond donors (Lipinski definition) is 2. The van der Waals surface area contributed by atoms with Crippen LogP contribution in [0.15, 0.2) is 24.3 Å². The van der Waals surface area contributed by atoms with Crippen LogP contribution < -0.4 is 10.6 Å². The lowest BCUT2D eigenvalue weighted by Crippen LogP contribution is -2.35. The van der Waals surface area contributed by atoms with E-state index in [2.05, 4.69) is 24.5 Å². The standard InChI is InChI=1S/C16H24N2O/c1-12(2)13-5-7-14(8-6-13)16(19)18-15-4-3-10-17-11-9-15/h5-8,12,15,17H,3-4,9-11H2,1-2H3,(H,18,19). The van der Waals surface area contributed by atoms with Crippen LogP contribution in [0.25, 0.3) is 0 Å². The Labute approximate surface area is 115 Å². The largest absolute Gasteiger partial charge is 0.349 e. The number of rotatable bonds is 3. The van der Waals surface area contributed by atoms with Crippen LogP contribution in [0.3, 0.4) is 0 Å². The Kier molecular flexibility index (Phi) is 4.97. The van der Waals surface area contributed by atoms with Crippen LogP contribution in [0.4, 0.5) is 0 Å². The molecule has 1 heterocycles.